The van der Waals surface area contributed by atoms with Crippen LogP contribution in [0.2, 0.25) is 0 Å². The first-order chi connectivity index (χ1) is 9.29. The molecule has 0 aromatic heterocycles. The van der Waals surface area contributed by atoms with Crippen LogP contribution in [0.4, 0.5) is 0 Å². The third-order valence-electron chi connectivity index (χ3n) is 3.12. The first-order valence-electron chi connectivity index (χ1n) is 6.52. The van der Waals surface area contributed by atoms with Crippen LogP contribution in [-0.4, -0.2) is 24.0 Å². The predicted molar refractivity (Wildman–Crippen MR) is 73.8 cm³/mol. The van der Waals surface area contributed by atoms with Crippen molar-refractivity contribution in [2.24, 2.45) is 0 Å². The van der Waals surface area contributed by atoms with Gasteiger partial charge in [0, 0.05) is 19.2 Å². The van der Waals surface area contributed by atoms with Crippen molar-refractivity contribution in [1.82, 2.24) is 10.4 Å². The van der Waals surface area contributed by atoms with Gasteiger partial charge in [-0.3, -0.25) is 10.2 Å². The van der Waals surface area contributed by atoms with Crippen molar-refractivity contribution >= 4 is 12.0 Å². The molecule has 0 radical (unpaired) electrons. The number of amides is 1. The molecule has 1 N–H and O–H groups in total. The summed E-state index contributed by atoms with van der Waals surface area (Å²) in [5.74, 6) is -0.144. The zero-order valence-corrected chi connectivity index (χ0v) is 10.8. The maximum absolute atomic E-state index is 11.8. The highest BCUT2D eigenvalue weighted by molar-refractivity contribution is 5.91. The van der Waals surface area contributed by atoms with E-state index in [1.165, 1.54) is 12.5 Å². The number of hydrogen-bond acceptors (Lipinski definition) is 3. The maximum Gasteiger partial charge on any atom is 0.258 e. The zero-order valence-electron chi connectivity index (χ0n) is 10.8. The van der Waals surface area contributed by atoms with Crippen molar-refractivity contribution in [2.45, 2.75) is 19.3 Å². The number of hydrogen-bond donors (Lipinski definition) is 1. The Labute approximate surface area is 113 Å². The van der Waals surface area contributed by atoms with Crippen LogP contribution < -0.4 is 5.43 Å². The number of benzene rings is 1. The van der Waals surface area contributed by atoms with Gasteiger partial charge in [0.05, 0.1) is 11.6 Å². The van der Waals surface area contributed by atoms with Gasteiger partial charge in [0.25, 0.3) is 5.91 Å². The molecule has 0 unspecified atom stereocenters. The van der Waals surface area contributed by atoms with Crippen LogP contribution in [0.25, 0.3) is 6.08 Å². The first kappa shape index (κ1) is 13.3. The largest absolute Gasteiger partial charge is 0.285 e. The molecule has 1 saturated heterocycles. The molecule has 0 atom stereocenters. The summed E-state index contributed by atoms with van der Waals surface area (Å²) >= 11 is 0. The SMILES string of the molecule is N#Cc1ccccc1C=CC(=O)NN1CCCCC1. The average Bonchev–Trinajstić information content (AvgIpc) is 2.46. The number of nitriles is 1. The van der Waals surface area contributed by atoms with E-state index >= 15 is 0 Å². The quantitative estimate of drug-likeness (QED) is 0.841. The summed E-state index contributed by atoms with van der Waals surface area (Å²) in [5, 5.41) is 10.9. The Bertz CT molecular complexity index is 510. The normalized spacial score (nSPS) is 16.2. The molecule has 1 aliphatic rings. The summed E-state index contributed by atoms with van der Waals surface area (Å²) in [6, 6.07) is 9.33. The zero-order chi connectivity index (χ0) is 13.5. The Morgan fingerprint density at radius 1 is 1.26 bits per heavy atom. The Balaban J connectivity index is 1.94. The number of nitrogens with zero attached hydrogens (tertiary/aromatic N) is 2. The molecule has 1 aromatic carbocycles. The topological polar surface area (TPSA) is 56.1 Å². The predicted octanol–water partition coefficient (Wildman–Crippen LogP) is 2.09. The van der Waals surface area contributed by atoms with Crippen molar-refractivity contribution in [3.63, 3.8) is 0 Å². The van der Waals surface area contributed by atoms with Crippen LogP contribution in [0.15, 0.2) is 30.3 Å². The summed E-state index contributed by atoms with van der Waals surface area (Å²) in [7, 11) is 0. The summed E-state index contributed by atoms with van der Waals surface area (Å²) < 4.78 is 0. The van der Waals surface area contributed by atoms with Crippen molar-refractivity contribution in [1.29, 1.82) is 5.26 Å². The van der Waals surface area contributed by atoms with Gasteiger partial charge in [-0.25, -0.2) is 5.01 Å². The number of hydrazine groups is 1. The molecule has 4 nitrogen and oxygen atoms in total. The van der Waals surface area contributed by atoms with Crippen LogP contribution in [0.5, 0.6) is 0 Å². The fourth-order valence-electron chi connectivity index (χ4n) is 2.11. The molecule has 1 amide bonds. The van der Waals surface area contributed by atoms with Gasteiger partial charge in [0.2, 0.25) is 0 Å². The highest BCUT2D eigenvalue weighted by Crippen LogP contribution is 2.09. The van der Waals surface area contributed by atoms with Gasteiger partial charge in [-0.15, -0.1) is 0 Å². The molecule has 0 aliphatic carbocycles. The molecule has 1 aliphatic heterocycles. The second-order valence-electron chi connectivity index (χ2n) is 4.56. The number of nitrogens with one attached hydrogen (secondary N) is 1. The van der Waals surface area contributed by atoms with Crippen LogP contribution in [0.3, 0.4) is 0 Å². The van der Waals surface area contributed by atoms with Crippen LogP contribution in [0, 0.1) is 11.3 Å². The summed E-state index contributed by atoms with van der Waals surface area (Å²) in [6.45, 7) is 1.82. The fraction of sp³-hybridized carbons (Fsp3) is 0.333. The minimum Gasteiger partial charge on any atom is -0.285 e. The van der Waals surface area contributed by atoms with E-state index < -0.39 is 0 Å². The van der Waals surface area contributed by atoms with Gasteiger partial charge in [-0.05, 0) is 30.5 Å². The van der Waals surface area contributed by atoms with Crippen LogP contribution >= 0.6 is 0 Å². The van der Waals surface area contributed by atoms with Gasteiger partial charge in [0.15, 0.2) is 0 Å². The number of carbonyl (C=O) groups is 1. The van der Waals surface area contributed by atoms with Gasteiger partial charge in [-0.1, -0.05) is 24.6 Å². The Kier molecular flexibility index (Phi) is 4.71. The second-order valence-corrected chi connectivity index (χ2v) is 4.56. The maximum atomic E-state index is 11.8. The molecule has 4 heteroatoms. The molecule has 0 bridgehead atoms. The Hall–Kier alpha value is -2.12. The lowest BCUT2D eigenvalue weighted by atomic mass is 10.1. The number of carbonyl (C=O) groups excluding carboxylic acids is 1. The van der Waals surface area contributed by atoms with E-state index in [4.69, 9.17) is 5.26 Å². The smallest absolute Gasteiger partial charge is 0.258 e. The van der Waals surface area contributed by atoms with Crippen LogP contribution in [0.1, 0.15) is 30.4 Å². The first-order valence-corrected chi connectivity index (χ1v) is 6.52. The highest BCUT2D eigenvalue weighted by atomic mass is 16.2. The molecule has 0 saturated carbocycles. The van der Waals surface area contributed by atoms with E-state index in [1.54, 1.807) is 12.1 Å². The Morgan fingerprint density at radius 3 is 2.74 bits per heavy atom. The van der Waals surface area contributed by atoms with Gasteiger partial charge < -0.3 is 0 Å². The molecular formula is C15H17N3O. The summed E-state index contributed by atoms with van der Waals surface area (Å²) in [4.78, 5) is 11.8. The minimum absolute atomic E-state index is 0.144. The molecule has 1 aromatic rings. The minimum atomic E-state index is -0.144. The molecule has 19 heavy (non-hydrogen) atoms. The van der Waals surface area contributed by atoms with Gasteiger partial charge in [-0.2, -0.15) is 5.26 Å². The molecule has 0 spiro atoms. The molecule has 1 fully saturated rings. The molecule has 2 rings (SSSR count). The van der Waals surface area contributed by atoms with Crippen molar-refractivity contribution < 1.29 is 4.79 Å². The lowest BCUT2D eigenvalue weighted by Gasteiger charge is -2.26. The number of rotatable bonds is 3. The van der Waals surface area contributed by atoms with E-state index in [-0.39, 0.29) is 5.91 Å². The highest BCUT2D eigenvalue weighted by Gasteiger charge is 2.10. The lowest BCUT2D eigenvalue weighted by molar-refractivity contribution is -0.121. The number of piperidine rings is 1. The van der Waals surface area contributed by atoms with Crippen molar-refractivity contribution in [2.75, 3.05) is 13.1 Å². The van der Waals surface area contributed by atoms with Crippen LogP contribution in [-0.2, 0) is 4.79 Å². The van der Waals surface area contributed by atoms with E-state index in [1.807, 2.05) is 23.2 Å². The van der Waals surface area contributed by atoms with E-state index in [0.717, 1.165) is 31.5 Å². The fourth-order valence-corrected chi connectivity index (χ4v) is 2.11. The van der Waals surface area contributed by atoms with E-state index in [2.05, 4.69) is 11.5 Å². The standard InChI is InChI=1S/C15H17N3O/c16-12-14-7-3-2-6-13(14)8-9-15(19)17-18-10-4-1-5-11-18/h2-3,6-9H,1,4-5,10-11H2,(H,17,19). The Morgan fingerprint density at radius 2 is 2.00 bits per heavy atom. The third-order valence-corrected chi connectivity index (χ3v) is 3.12. The monoisotopic (exact) mass is 255 g/mol. The summed E-state index contributed by atoms with van der Waals surface area (Å²) in [6.07, 6.45) is 6.64. The average molecular weight is 255 g/mol. The molecule has 1 heterocycles. The second kappa shape index (κ2) is 6.72. The third kappa shape index (κ3) is 3.94. The van der Waals surface area contributed by atoms with Crippen molar-refractivity contribution in [3.8, 4) is 6.07 Å². The van der Waals surface area contributed by atoms with E-state index in [0.29, 0.717) is 5.56 Å². The molecule has 98 valence electrons. The van der Waals surface area contributed by atoms with E-state index in [9.17, 15) is 4.79 Å². The van der Waals surface area contributed by atoms with Gasteiger partial charge >= 0.3 is 0 Å². The summed E-state index contributed by atoms with van der Waals surface area (Å²) in [5.41, 5.74) is 4.19. The lowest BCUT2D eigenvalue weighted by Crippen LogP contribution is -2.44. The van der Waals surface area contributed by atoms with Gasteiger partial charge in [0.1, 0.15) is 0 Å². The van der Waals surface area contributed by atoms with Crippen molar-refractivity contribution in [3.05, 3.63) is 41.5 Å². The molecular weight excluding hydrogens is 238 g/mol.